The maximum atomic E-state index is 12.5. The van der Waals surface area contributed by atoms with Gasteiger partial charge in [-0.05, 0) is 57.0 Å². The summed E-state index contributed by atoms with van der Waals surface area (Å²) in [6, 6.07) is 5.94. The lowest BCUT2D eigenvalue weighted by Gasteiger charge is -2.24. The second-order valence-electron chi connectivity index (χ2n) is 6.83. The second-order valence-corrected chi connectivity index (χ2v) is 6.83. The normalized spacial score (nSPS) is 13.3. The van der Waals surface area contributed by atoms with Crippen molar-refractivity contribution >= 4 is 23.2 Å². The maximum absolute atomic E-state index is 12.5. The molecule has 1 aliphatic heterocycles. The number of benzene rings is 1. The standard InChI is InChI=1S/C20H24N4O2/c1-5-20(26)23(11-16-12-24(13(2)3)22-14(16)4)17-7-8-18-15(10-17)6-9-19(25)21-18/h5,7-8,10,12-13H,1,6,9,11H2,2-4H3,(H,21,25). The van der Waals surface area contributed by atoms with Gasteiger partial charge in [-0.2, -0.15) is 5.10 Å². The number of nitrogens with one attached hydrogen (secondary N) is 1. The molecule has 6 nitrogen and oxygen atoms in total. The highest BCUT2D eigenvalue weighted by Crippen LogP contribution is 2.29. The number of fused-ring (bicyclic) bond motifs is 1. The minimum absolute atomic E-state index is 0.0287. The van der Waals surface area contributed by atoms with Gasteiger partial charge in [0, 0.05) is 35.6 Å². The van der Waals surface area contributed by atoms with E-state index >= 15 is 0 Å². The molecule has 6 heteroatoms. The third-order valence-corrected chi connectivity index (χ3v) is 4.61. The molecule has 0 aliphatic carbocycles. The summed E-state index contributed by atoms with van der Waals surface area (Å²) in [5.74, 6) is -0.137. The predicted molar refractivity (Wildman–Crippen MR) is 102 cm³/mol. The first-order chi connectivity index (χ1) is 12.4. The topological polar surface area (TPSA) is 67.2 Å². The number of amides is 2. The number of carbonyl (C=O) groups is 2. The van der Waals surface area contributed by atoms with Gasteiger partial charge in [0.1, 0.15) is 0 Å². The summed E-state index contributed by atoms with van der Waals surface area (Å²) in [6.07, 6.45) is 4.45. The van der Waals surface area contributed by atoms with E-state index in [2.05, 4.69) is 30.8 Å². The summed E-state index contributed by atoms with van der Waals surface area (Å²) in [5.41, 5.74) is 4.56. The number of aryl methyl sites for hydroxylation is 2. The highest BCUT2D eigenvalue weighted by molar-refractivity contribution is 6.01. The van der Waals surface area contributed by atoms with Crippen LogP contribution in [0.25, 0.3) is 0 Å². The van der Waals surface area contributed by atoms with E-state index in [9.17, 15) is 9.59 Å². The fraction of sp³-hybridized carbons (Fsp3) is 0.350. The first kappa shape index (κ1) is 17.9. The van der Waals surface area contributed by atoms with Crippen molar-refractivity contribution in [2.45, 2.75) is 46.2 Å². The van der Waals surface area contributed by atoms with Crippen LogP contribution in [0.15, 0.2) is 37.1 Å². The quantitative estimate of drug-likeness (QED) is 0.839. The van der Waals surface area contributed by atoms with Gasteiger partial charge in [0.15, 0.2) is 0 Å². The maximum Gasteiger partial charge on any atom is 0.250 e. The summed E-state index contributed by atoms with van der Waals surface area (Å²) in [4.78, 5) is 25.7. The highest BCUT2D eigenvalue weighted by atomic mass is 16.2. The van der Waals surface area contributed by atoms with Crippen LogP contribution in [0.4, 0.5) is 11.4 Å². The van der Waals surface area contributed by atoms with Gasteiger partial charge in [0.2, 0.25) is 5.91 Å². The van der Waals surface area contributed by atoms with Gasteiger partial charge in [0.05, 0.1) is 12.2 Å². The fourth-order valence-corrected chi connectivity index (χ4v) is 3.05. The van der Waals surface area contributed by atoms with Crippen molar-refractivity contribution in [2.75, 3.05) is 10.2 Å². The van der Waals surface area contributed by atoms with Crippen molar-refractivity contribution in [2.24, 2.45) is 0 Å². The average molecular weight is 352 g/mol. The van der Waals surface area contributed by atoms with Crippen LogP contribution < -0.4 is 10.2 Å². The van der Waals surface area contributed by atoms with Gasteiger partial charge in [-0.3, -0.25) is 14.3 Å². The number of aromatic nitrogens is 2. The van der Waals surface area contributed by atoms with Crippen molar-refractivity contribution in [1.29, 1.82) is 0 Å². The lowest BCUT2D eigenvalue weighted by molar-refractivity contribution is -0.116. The minimum Gasteiger partial charge on any atom is -0.326 e. The molecule has 3 rings (SSSR count). The molecule has 0 fully saturated rings. The Hall–Kier alpha value is -2.89. The number of hydrogen-bond donors (Lipinski definition) is 1. The average Bonchev–Trinajstić information content (AvgIpc) is 2.99. The van der Waals surface area contributed by atoms with Crippen LogP contribution in [-0.2, 0) is 22.6 Å². The van der Waals surface area contributed by atoms with E-state index < -0.39 is 0 Å². The van der Waals surface area contributed by atoms with Crippen LogP contribution in [0.2, 0.25) is 0 Å². The van der Waals surface area contributed by atoms with Crippen molar-refractivity contribution < 1.29 is 9.59 Å². The number of rotatable bonds is 5. The molecule has 0 saturated heterocycles. The van der Waals surface area contributed by atoms with E-state index in [1.54, 1.807) is 4.90 Å². The molecule has 136 valence electrons. The zero-order valence-corrected chi connectivity index (χ0v) is 15.5. The van der Waals surface area contributed by atoms with Crippen LogP contribution in [0.3, 0.4) is 0 Å². The minimum atomic E-state index is -0.165. The van der Waals surface area contributed by atoms with E-state index in [1.165, 1.54) is 6.08 Å². The molecule has 2 amide bonds. The molecule has 1 aromatic carbocycles. The zero-order valence-electron chi connectivity index (χ0n) is 15.5. The van der Waals surface area contributed by atoms with E-state index in [4.69, 9.17) is 0 Å². The summed E-state index contributed by atoms with van der Waals surface area (Å²) >= 11 is 0. The molecule has 2 heterocycles. The van der Waals surface area contributed by atoms with Crippen molar-refractivity contribution in [3.63, 3.8) is 0 Å². The van der Waals surface area contributed by atoms with Crippen LogP contribution in [0.1, 0.15) is 43.1 Å². The Morgan fingerprint density at radius 1 is 1.42 bits per heavy atom. The zero-order chi connectivity index (χ0) is 18.8. The van der Waals surface area contributed by atoms with Crippen LogP contribution >= 0.6 is 0 Å². The smallest absolute Gasteiger partial charge is 0.250 e. The molecule has 0 radical (unpaired) electrons. The Balaban J connectivity index is 1.93. The lowest BCUT2D eigenvalue weighted by Crippen LogP contribution is -2.29. The van der Waals surface area contributed by atoms with Gasteiger partial charge in [-0.25, -0.2) is 0 Å². The monoisotopic (exact) mass is 352 g/mol. The fourth-order valence-electron chi connectivity index (χ4n) is 3.05. The van der Waals surface area contributed by atoms with Crippen molar-refractivity contribution in [3.8, 4) is 0 Å². The van der Waals surface area contributed by atoms with Gasteiger partial charge in [-0.15, -0.1) is 0 Å². The highest BCUT2D eigenvalue weighted by Gasteiger charge is 2.20. The van der Waals surface area contributed by atoms with E-state index in [-0.39, 0.29) is 17.9 Å². The molecule has 0 bridgehead atoms. The van der Waals surface area contributed by atoms with E-state index in [0.29, 0.717) is 19.4 Å². The van der Waals surface area contributed by atoms with Gasteiger partial charge in [0.25, 0.3) is 5.91 Å². The van der Waals surface area contributed by atoms with Crippen LogP contribution in [-0.4, -0.2) is 21.6 Å². The lowest BCUT2D eigenvalue weighted by atomic mass is 10.0. The van der Waals surface area contributed by atoms with Crippen LogP contribution in [0.5, 0.6) is 0 Å². The molecule has 1 N–H and O–H groups in total. The molecule has 26 heavy (non-hydrogen) atoms. The Bertz CT molecular complexity index is 867. The molecular formula is C20H24N4O2. The first-order valence-corrected chi connectivity index (χ1v) is 8.80. The summed E-state index contributed by atoms with van der Waals surface area (Å²) in [6.45, 7) is 10.1. The molecule has 1 aliphatic rings. The molecular weight excluding hydrogens is 328 g/mol. The van der Waals surface area contributed by atoms with E-state index in [0.717, 1.165) is 28.2 Å². The van der Waals surface area contributed by atoms with Crippen molar-refractivity contribution in [1.82, 2.24) is 9.78 Å². The SMILES string of the molecule is C=CC(=O)N(Cc1cn(C(C)C)nc1C)c1ccc2c(c1)CCC(=O)N2. The molecule has 2 aromatic rings. The third-order valence-electron chi connectivity index (χ3n) is 4.61. The largest absolute Gasteiger partial charge is 0.326 e. The van der Waals surface area contributed by atoms with Gasteiger partial charge >= 0.3 is 0 Å². The third kappa shape index (κ3) is 3.54. The number of carbonyl (C=O) groups excluding carboxylic acids is 2. The molecule has 0 atom stereocenters. The van der Waals surface area contributed by atoms with Gasteiger partial charge < -0.3 is 10.2 Å². The Labute approximate surface area is 153 Å². The number of nitrogens with zero attached hydrogens (tertiary/aromatic N) is 3. The number of anilines is 2. The Morgan fingerprint density at radius 2 is 2.19 bits per heavy atom. The van der Waals surface area contributed by atoms with Crippen molar-refractivity contribution in [3.05, 3.63) is 53.9 Å². The Kier molecular flexibility index (Phi) is 4.93. The molecule has 0 unspecified atom stereocenters. The van der Waals surface area contributed by atoms with Gasteiger partial charge in [-0.1, -0.05) is 6.58 Å². The Morgan fingerprint density at radius 3 is 2.85 bits per heavy atom. The van der Waals surface area contributed by atoms with E-state index in [1.807, 2.05) is 36.0 Å². The predicted octanol–water partition coefficient (Wildman–Crippen LogP) is 3.38. The summed E-state index contributed by atoms with van der Waals surface area (Å²) in [7, 11) is 0. The number of hydrogen-bond acceptors (Lipinski definition) is 3. The van der Waals surface area contributed by atoms with Crippen LogP contribution in [0, 0.1) is 6.92 Å². The summed E-state index contributed by atoms with van der Waals surface area (Å²) < 4.78 is 1.91. The second kappa shape index (κ2) is 7.15. The molecule has 0 saturated carbocycles. The summed E-state index contributed by atoms with van der Waals surface area (Å²) in [5, 5.41) is 7.39. The molecule has 1 aromatic heterocycles. The first-order valence-electron chi connectivity index (χ1n) is 8.80. The molecule has 0 spiro atoms.